The molecule has 72 valence electrons. The predicted octanol–water partition coefficient (Wildman–Crippen LogP) is 3.84. The summed E-state index contributed by atoms with van der Waals surface area (Å²) in [5, 5.41) is 1.21. The van der Waals surface area contributed by atoms with Gasteiger partial charge in [0.2, 0.25) is 0 Å². The monoisotopic (exact) mass is 225 g/mol. The van der Waals surface area contributed by atoms with Crippen LogP contribution in [0.25, 0.3) is 0 Å². The van der Waals surface area contributed by atoms with Gasteiger partial charge in [0.15, 0.2) is 0 Å². The van der Waals surface area contributed by atoms with Crippen LogP contribution in [0.5, 0.6) is 0 Å². The average Bonchev–Trinajstić information content (AvgIpc) is 2.64. The first-order valence-electron chi connectivity index (χ1n) is 4.30. The van der Waals surface area contributed by atoms with Crippen LogP contribution in [0.4, 0.5) is 0 Å². The Morgan fingerprint density at radius 3 is 2.36 bits per heavy atom. The molecule has 2 aromatic rings. The number of nitrogens with zero attached hydrogens (tertiary/aromatic N) is 1. The van der Waals surface area contributed by atoms with Gasteiger partial charge in [-0.2, -0.15) is 0 Å². The van der Waals surface area contributed by atoms with Crippen LogP contribution in [-0.4, -0.2) is 4.57 Å². The molecule has 0 saturated carbocycles. The highest BCUT2D eigenvalue weighted by Gasteiger charge is 1.99. The third kappa shape index (κ3) is 2.11. The molecule has 0 aliphatic rings. The molecule has 0 amide bonds. The lowest BCUT2D eigenvalue weighted by atomic mass is 10.2. The minimum Gasteiger partial charge on any atom is -0.350 e. The van der Waals surface area contributed by atoms with Crippen LogP contribution >= 0.6 is 23.2 Å². The van der Waals surface area contributed by atoms with Gasteiger partial charge in [-0.25, -0.2) is 0 Å². The number of aromatic nitrogens is 1. The van der Waals surface area contributed by atoms with E-state index in [2.05, 4.69) is 4.57 Å². The van der Waals surface area contributed by atoms with Crippen LogP contribution in [0, 0.1) is 0 Å². The summed E-state index contributed by atoms with van der Waals surface area (Å²) in [6.45, 7) is 0.823. The number of halogens is 2. The lowest BCUT2D eigenvalue weighted by Gasteiger charge is -2.04. The van der Waals surface area contributed by atoms with Gasteiger partial charge in [0.05, 0.1) is 10.0 Å². The summed E-state index contributed by atoms with van der Waals surface area (Å²) in [6.07, 6.45) is 4.03. The molecule has 0 aliphatic heterocycles. The van der Waals surface area contributed by atoms with Crippen molar-refractivity contribution in [3.8, 4) is 0 Å². The molecule has 3 heteroatoms. The van der Waals surface area contributed by atoms with Crippen molar-refractivity contribution in [1.82, 2.24) is 4.57 Å². The summed E-state index contributed by atoms with van der Waals surface area (Å²) in [5.41, 5.74) is 1.15. The summed E-state index contributed by atoms with van der Waals surface area (Å²) < 4.78 is 2.08. The second-order valence-corrected chi connectivity index (χ2v) is 3.92. The van der Waals surface area contributed by atoms with E-state index in [0.717, 1.165) is 12.1 Å². The zero-order valence-corrected chi connectivity index (χ0v) is 8.96. The van der Waals surface area contributed by atoms with Crippen LogP contribution in [0.2, 0.25) is 10.0 Å². The second-order valence-electron chi connectivity index (χ2n) is 3.10. The normalized spacial score (nSPS) is 10.4. The van der Waals surface area contributed by atoms with Crippen molar-refractivity contribution in [2.24, 2.45) is 0 Å². The molecule has 1 aromatic carbocycles. The van der Waals surface area contributed by atoms with Crippen LogP contribution in [0.1, 0.15) is 5.56 Å². The molecule has 0 unspecified atom stereocenters. The molecule has 14 heavy (non-hydrogen) atoms. The third-order valence-corrected chi connectivity index (χ3v) is 2.75. The quantitative estimate of drug-likeness (QED) is 0.733. The van der Waals surface area contributed by atoms with Gasteiger partial charge in [-0.3, -0.25) is 0 Å². The van der Waals surface area contributed by atoms with E-state index < -0.39 is 0 Å². The third-order valence-electron chi connectivity index (χ3n) is 2.02. The maximum absolute atomic E-state index is 5.91. The van der Waals surface area contributed by atoms with Crippen molar-refractivity contribution in [3.05, 3.63) is 58.3 Å². The summed E-state index contributed by atoms with van der Waals surface area (Å²) in [6, 6.07) is 9.69. The Morgan fingerprint density at radius 2 is 1.71 bits per heavy atom. The fourth-order valence-electron chi connectivity index (χ4n) is 1.32. The van der Waals surface area contributed by atoms with Gasteiger partial charge < -0.3 is 4.57 Å². The van der Waals surface area contributed by atoms with Gasteiger partial charge in [0, 0.05) is 18.9 Å². The molecule has 0 aliphatic carbocycles. The Bertz CT molecular complexity index is 421. The first-order valence-corrected chi connectivity index (χ1v) is 5.06. The number of rotatable bonds is 2. The van der Waals surface area contributed by atoms with Crippen molar-refractivity contribution in [1.29, 1.82) is 0 Å². The van der Waals surface area contributed by atoms with Gasteiger partial charge in [0.1, 0.15) is 0 Å². The molecular weight excluding hydrogens is 217 g/mol. The van der Waals surface area contributed by atoms with Gasteiger partial charge in [-0.1, -0.05) is 29.3 Å². The Kier molecular flexibility index (Phi) is 2.80. The lowest BCUT2D eigenvalue weighted by molar-refractivity contribution is 0.806. The summed E-state index contributed by atoms with van der Waals surface area (Å²) in [5.74, 6) is 0. The van der Waals surface area contributed by atoms with Crippen molar-refractivity contribution in [2.45, 2.75) is 6.54 Å². The average molecular weight is 226 g/mol. The maximum Gasteiger partial charge on any atom is 0.0595 e. The zero-order valence-electron chi connectivity index (χ0n) is 7.45. The van der Waals surface area contributed by atoms with Crippen LogP contribution in [0.15, 0.2) is 42.7 Å². The highest BCUT2D eigenvalue weighted by molar-refractivity contribution is 6.42. The van der Waals surface area contributed by atoms with E-state index in [9.17, 15) is 0 Å². The molecule has 0 fully saturated rings. The van der Waals surface area contributed by atoms with E-state index in [1.165, 1.54) is 0 Å². The van der Waals surface area contributed by atoms with Gasteiger partial charge in [-0.15, -0.1) is 0 Å². The predicted molar refractivity (Wildman–Crippen MR) is 60.0 cm³/mol. The molecule has 1 nitrogen and oxygen atoms in total. The first-order chi connectivity index (χ1) is 6.75. The van der Waals surface area contributed by atoms with Crippen molar-refractivity contribution in [2.75, 3.05) is 0 Å². The molecule has 0 bridgehead atoms. The van der Waals surface area contributed by atoms with Crippen molar-refractivity contribution >= 4 is 23.2 Å². The molecule has 1 aromatic heterocycles. The van der Waals surface area contributed by atoms with E-state index in [-0.39, 0.29) is 0 Å². The fraction of sp³-hybridized carbons (Fsp3) is 0.0909. The highest BCUT2D eigenvalue weighted by atomic mass is 35.5. The van der Waals surface area contributed by atoms with E-state index in [1.54, 1.807) is 0 Å². The van der Waals surface area contributed by atoms with Gasteiger partial charge in [0.25, 0.3) is 0 Å². The minimum atomic E-state index is 0.600. The molecule has 0 atom stereocenters. The Morgan fingerprint density at radius 1 is 1.00 bits per heavy atom. The first kappa shape index (κ1) is 9.63. The topological polar surface area (TPSA) is 4.93 Å². The Labute approximate surface area is 92.9 Å². The van der Waals surface area contributed by atoms with E-state index in [4.69, 9.17) is 23.2 Å². The van der Waals surface area contributed by atoms with Crippen LogP contribution in [-0.2, 0) is 6.54 Å². The minimum absolute atomic E-state index is 0.600. The van der Waals surface area contributed by atoms with Crippen LogP contribution < -0.4 is 0 Å². The molecular formula is C11H9Cl2N. The highest BCUT2D eigenvalue weighted by Crippen LogP contribution is 2.22. The summed E-state index contributed by atoms with van der Waals surface area (Å²) in [7, 11) is 0. The molecule has 0 N–H and O–H groups in total. The number of benzene rings is 1. The summed E-state index contributed by atoms with van der Waals surface area (Å²) in [4.78, 5) is 0. The fourth-order valence-corrected chi connectivity index (χ4v) is 1.65. The molecule has 0 saturated heterocycles. The Balaban J connectivity index is 2.22. The van der Waals surface area contributed by atoms with Gasteiger partial charge >= 0.3 is 0 Å². The largest absolute Gasteiger partial charge is 0.350 e. The standard InChI is InChI=1S/C11H9Cl2N/c12-10-4-3-9(7-11(10)13)8-14-5-1-2-6-14/h1-7H,8H2. The van der Waals surface area contributed by atoms with E-state index >= 15 is 0 Å². The maximum atomic E-state index is 5.91. The van der Waals surface area contributed by atoms with E-state index in [0.29, 0.717) is 10.0 Å². The second kappa shape index (κ2) is 4.07. The Hall–Kier alpha value is -0.920. The van der Waals surface area contributed by atoms with Crippen molar-refractivity contribution < 1.29 is 0 Å². The number of hydrogen-bond donors (Lipinski definition) is 0. The van der Waals surface area contributed by atoms with E-state index in [1.807, 2.05) is 42.7 Å². The van der Waals surface area contributed by atoms with Gasteiger partial charge in [-0.05, 0) is 29.8 Å². The SMILES string of the molecule is Clc1ccc(Cn2cccc2)cc1Cl. The van der Waals surface area contributed by atoms with Crippen molar-refractivity contribution in [3.63, 3.8) is 0 Å². The molecule has 0 radical (unpaired) electrons. The molecule has 0 spiro atoms. The molecule has 2 rings (SSSR count). The molecule has 1 heterocycles. The summed E-state index contributed by atoms with van der Waals surface area (Å²) >= 11 is 11.7. The number of hydrogen-bond acceptors (Lipinski definition) is 0. The van der Waals surface area contributed by atoms with Crippen LogP contribution in [0.3, 0.4) is 0 Å². The zero-order chi connectivity index (χ0) is 9.97. The lowest BCUT2D eigenvalue weighted by Crippen LogP contribution is -1.95. The smallest absolute Gasteiger partial charge is 0.0595 e.